The molecule has 0 fully saturated rings. The predicted octanol–water partition coefficient (Wildman–Crippen LogP) is 3.14. The molecule has 0 saturated carbocycles. The number of hydrogen-bond acceptors (Lipinski definition) is 4. The summed E-state index contributed by atoms with van der Waals surface area (Å²) in [5, 5.41) is 4.08. The van der Waals surface area contributed by atoms with E-state index in [1.807, 2.05) is 0 Å². The topological polar surface area (TPSA) is 29.0 Å². The standard InChI is InChI=1S/C12H12ClN3S/c1-8-6-9-4-2-3-5-11(9)16(8)7-10-12(13)17-15-14-10/h2-5,8H,6-7H2,1H3/t8-/m0/s1. The van der Waals surface area contributed by atoms with Crippen LogP contribution in [0.1, 0.15) is 18.2 Å². The third-order valence-electron chi connectivity index (χ3n) is 3.18. The molecule has 1 aromatic carbocycles. The van der Waals surface area contributed by atoms with Crippen molar-refractivity contribution in [2.75, 3.05) is 4.90 Å². The molecule has 1 aliphatic heterocycles. The Labute approximate surface area is 109 Å². The van der Waals surface area contributed by atoms with Gasteiger partial charge in [-0.1, -0.05) is 34.3 Å². The predicted molar refractivity (Wildman–Crippen MR) is 70.7 cm³/mol. The third-order valence-corrected chi connectivity index (χ3v) is 4.16. The van der Waals surface area contributed by atoms with Crippen LogP contribution in [0.4, 0.5) is 5.69 Å². The zero-order valence-electron chi connectivity index (χ0n) is 9.43. The largest absolute Gasteiger partial charge is 0.362 e. The maximum atomic E-state index is 6.06. The molecule has 0 radical (unpaired) electrons. The Bertz CT molecular complexity index is 540. The summed E-state index contributed by atoms with van der Waals surface area (Å²) >= 11 is 7.31. The number of benzene rings is 1. The van der Waals surface area contributed by atoms with Gasteiger partial charge in [-0.25, -0.2) is 0 Å². The highest BCUT2D eigenvalue weighted by Crippen LogP contribution is 2.33. The van der Waals surface area contributed by atoms with Crippen molar-refractivity contribution in [3.8, 4) is 0 Å². The Hall–Kier alpha value is -1.13. The molecule has 0 amide bonds. The van der Waals surface area contributed by atoms with Crippen molar-refractivity contribution >= 4 is 28.8 Å². The highest BCUT2D eigenvalue weighted by atomic mass is 35.5. The van der Waals surface area contributed by atoms with Crippen LogP contribution in [-0.4, -0.2) is 15.6 Å². The fourth-order valence-corrected chi connectivity index (χ4v) is 2.94. The van der Waals surface area contributed by atoms with E-state index in [-0.39, 0.29) is 0 Å². The maximum Gasteiger partial charge on any atom is 0.139 e. The van der Waals surface area contributed by atoms with E-state index in [9.17, 15) is 0 Å². The van der Waals surface area contributed by atoms with Gasteiger partial charge in [0, 0.05) is 23.3 Å². The van der Waals surface area contributed by atoms with Gasteiger partial charge in [0.25, 0.3) is 0 Å². The van der Waals surface area contributed by atoms with Crippen LogP contribution in [-0.2, 0) is 13.0 Å². The zero-order valence-corrected chi connectivity index (χ0v) is 11.0. The maximum absolute atomic E-state index is 6.06. The molecule has 2 aromatic rings. The molecule has 3 rings (SSSR count). The molecule has 0 bridgehead atoms. The molecule has 1 atom stereocenters. The molecule has 2 heterocycles. The van der Waals surface area contributed by atoms with E-state index in [1.165, 1.54) is 22.8 Å². The summed E-state index contributed by atoms with van der Waals surface area (Å²) in [5.74, 6) is 0. The van der Waals surface area contributed by atoms with Crippen molar-refractivity contribution in [1.29, 1.82) is 0 Å². The zero-order chi connectivity index (χ0) is 11.8. The van der Waals surface area contributed by atoms with Gasteiger partial charge in [0.05, 0.1) is 6.54 Å². The van der Waals surface area contributed by atoms with Gasteiger partial charge in [0.15, 0.2) is 0 Å². The summed E-state index contributed by atoms with van der Waals surface area (Å²) in [4.78, 5) is 2.35. The molecule has 1 aromatic heterocycles. The van der Waals surface area contributed by atoms with E-state index in [1.54, 1.807) is 0 Å². The van der Waals surface area contributed by atoms with Crippen LogP contribution in [0.15, 0.2) is 24.3 Å². The van der Waals surface area contributed by atoms with E-state index in [4.69, 9.17) is 11.6 Å². The van der Waals surface area contributed by atoms with Gasteiger partial charge in [-0.05, 0) is 25.0 Å². The summed E-state index contributed by atoms with van der Waals surface area (Å²) < 4.78 is 4.57. The second-order valence-electron chi connectivity index (χ2n) is 4.30. The van der Waals surface area contributed by atoms with Crippen molar-refractivity contribution < 1.29 is 0 Å². The number of halogens is 1. The lowest BCUT2D eigenvalue weighted by molar-refractivity contribution is 0.664. The number of rotatable bonds is 2. The highest BCUT2D eigenvalue weighted by molar-refractivity contribution is 7.10. The normalized spacial score (nSPS) is 18.5. The summed E-state index contributed by atoms with van der Waals surface area (Å²) in [6.45, 7) is 2.97. The van der Waals surface area contributed by atoms with Crippen LogP contribution in [0, 0.1) is 0 Å². The fraction of sp³-hybridized carbons (Fsp3) is 0.333. The number of anilines is 1. The molecule has 3 nitrogen and oxygen atoms in total. The smallest absolute Gasteiger partial charge is 0.139 e. The van der Waals surface area contributed by atoms with Gasteiger partial charge < -0.3 is 4.90 Å². The van der Waals surface area contributed by atoms with Crippen LogP contribution in [0.3, 0.4) is 0 Å². The minimum absolute atomic E-state index is 0.491. The molecule has 5 heteroatoms. The van der Waals surface area contributed by atoms with E-state index >= 15 is 0 Å². The third kappa shape index (κ3) is 1.91. The summed E-state index contributed by atoms with van der Waals surface area (Å²) in [6, 6.07) is 9.00. The first-order valence-electron chi connectivity index (χ1n) is 5.57. The van der Waals surface area contributed by atoms with Crippen LogP contribution < -0.4 is 4.90 Å². The number of fused-ring (bicyclic) bond motifs is 1. The summed E-state index contributed by atoms with van der Waals surface area (Å²) in [7, 11) is 0. The SMILES string of the molecule is C[C@H]1Cc2ccccc2N1Cc1nnsc1Cl. The first-order valence-corrected chi connectivity index (χ1v) is 6.72. The number of hydrogen-bond donors (Lipinski definition) is 0. The number of nitrogens with zero attached hydrogens (tertiary/aromatic N) is 3. The van der Waals surface area contributed by atoms with Crippen LogP contribution in [0.2, 0.25) is 4.34 Å². The molecule has 0 N–H and O–H groups in total. The van der Waals surface area contributed by atoms with Crippen LogP contribution >= 0.6 is 23.1 Å². The van der Waals surface area contributed by atoms with Crippen molar-refractivity contribution in [3.63, 3.8) is 0 Å². The molecule has 0 saturated heterocycles. The quantitative estimate of drug-likeness (QED) is 0.835. The van der Waals surface area contributed by atoms with Crippen molar-refractivity contribution in [1.82, 2.24) is 9.59 Å². The van der Waals surface area contributed by atoms with Gasteiger partial charge in [-0.2, -0.15) is 0 Å². The van der Waals surface area contributed by atoms with Gasteiger partial charge in [-0.3, -0.25) is 0 Å². The Balaban J connectivity index is 1.91. The van der Waals surface area contributed by atoms with Crippen molar-refractivity contribution in [2.24, 2.45) is 0 Å². The van der Waals surface area contributed by atoms with Gasteiger partial charge in [0.2, 0.25) is 0 Å². The molecule has 1 aliphatic rings. The summed E-state index contributed by atoms with van der Waals surface area (Å²) in [5.41, 5.74) is 3.57. The molecule has 17 heavy (non-hydrogen) atoms. The molecule has 0 unspecified atom stereocenters. The molecule has 0 aliphatic carbocycles. The average molecular weight is 266 g/mol. The number of aromatic nitrogens is 2. The molecular formula is C12H12ClN3S. The Kier molecular flexibility index (Phi) is 2.76. The van der Waals surface area contributed by atoms with E-state index < -0.39 is 0 Å². The minimum atomic E-state index is 0.491. The average Bonchev–Trinajstić information content (AvgIpc) is 2.85. The van der Waals surface area contributed by atoms with E-state index in [0.717, 1.165) is 18.7 Å². The fourth-order valence-electron chi connectivity index (χ4n) is 2.32. The van der Waals surface area contributed by atoms with Gasteiger partial charge >= 0.3 is 0 Å². The second-order valence-corrected chi connectivity index (χ2v) is 5.66. The van der Waals surface area contributed by atoms with E-state index in [0.29, 0.717) is 10.4 Å². The molecular weight excluding hydrogens is 254 g/mol. The Morgan fingerprint density at radius 3 is 3.06 bits per heavy atom. The second kappa shape index (κ2) is 4.27. The molecule has 0 spiro atoms. The van der Waals surface area contributed by atoms with Crippen molar-refractivity contribution in [2.45, 2.75) is 25.9 Å². The van der Waals surface area contributed by atoms with Crippen molar-refractivity contribution in [3.05, 3.63) is 39.9 Å². The minimum Gasteiger partial charge on any atom is -0.362 e. The first-order chi connectivity index (χ1) is 8.25. The van der Waals surface area contributed by atoms with Crippen LogP contribution in [0.25, 0.3) is 0 Å². The lowest BCUT2D eigenvalue weighted by Crippen LogP contribution is -2.28. The van der Waals surface area contributed by atoms with Crippen LogP contribution in [0.5, 0.6) is 0 Å². The lowest BCUT2D eigenvalue weighted by Gasteiger charge is -2.23. The van der Waals surface area contributed by atoms with E-state index in [2.05, 4.69) is 45.7 Å². The highest BCUT2D eigenvalue weighted by Gasteiger charge is 2.26. The Morgan fingerprint density at radius 2 is 2.29 bits per heavy atom. The summed E-state index contributed by atoms with van der Waals surface area (Å²) in [6.07, 6.45) is 1.09. The first kappa shape index (κ1) is 11.0. The van der Waals surface area contributed by atoms with Gasteiger partial charge in [-0.15, -0.1) is 5.10 Å². The molecule has 88 valence electrons. The monoisotopic (exact) mass is 265 g/mol. The Morgan fingerprint density at radius 1 is 1.47 bits per heavy atom. The van der Waals surface area contributed by atoms with Gasteiger partial charge in [0.1, 0.15) is 10.0 Å². The lowest BCUT2D eigenvalue weighted by atomic mass is 10.1. The number of para-hydroxylation sites is 1.